The fraction of sp³-hybridized carbons (Fsp3) is 0.150. The highest BCUT2D eigenvalue weighted by molar-refractivity contribution is 5.97. The van der Waals surface area contributed by atoms with Gasteiger partial charge in [-0.15, -0.1) is 0 Å². The molecule has 1 amide bonds. The predicted molar refractivity (Wildman–Crippen MR) is 95.6 cm³/mol. The number of amides is 1. The highest BCUT2D eigenvalue weighted by Gasteiger charge is 2.27. The van der Waals surface area contributed by atoms with Crippen molar-refractivity contribution in [3.8, 4) is 0 Å². The first-order valence-electron chi connectivity index (χ1n) is 8.10. The maximum atomic E-state index is 12.7. The van der Waals surface area contributed by atoms with E-state index in [1.54, 1.807) is 43.3 Å². The zero-order valence-corrected chi connectivity index (χ0v) is 14.4. The molecule has 26 heavy (non-hydrogen) atoms. The third-order valence-electron chi connectivity index (χ3n) is 3.71. The highest BCUT2D eigenvalue weighted by Crippen LogP contribution is 2.22. The minimum Gasteiger partial charge on any atom is -0.441 e. The van der Waals surface area contributed by atoms with Gasteiger partial charge in [0, 0.05) is 17.3 Å². The second kappa shape index (κ2) is 7.65. The molecular weight excluding hydrogens is 332 g/mol. The van der Waals surface area contributed by atoms with Gasteiger partial charge in [-0.1, -0.05) is 53.2 Å². The van der Waals surface area contributed by atoms with Crippen LogP contribution in [0, 0.1) is 13.8 Å². The average Bonchev–Trinajstić information content (AvgIpc) is 3.08. The van der Waals surface area contributed by atoms with E-state index in [4.69, 9.17) is 9.26 Å². The van der Waals surface area contributed by atoms with E-state index in [0.29, 0.717) is 16.9 Å². The van der Waals surface area contributed by atoms with Gasteiger partial charge in [0.15, 0.2) is 0 Å². The van der Waals surface area contributed by atoms with Crippen LogP contribution in [-0.4, -0.2) is 17.0 Å². The van der Waals surface area contributed by atoms with Crippen molar-refractivity contribution in [2.75, 3.05) is 5.32 Å². The smallest absolute Gasteiger partial charge is 0.378 e. The summed E-state index contributed by atoms with van der Waals surface area (Å²) in [4.78, 5) is 25.0. The Bertz CT molecular complexity index is 901. The Balaban J connectivity index is 1.82. The standard InChI is InChI=1S/C20H18N2O4/c1-13-8-10-16(11-9-13)21-19(23)18(15-6-4-3-5-7-15)25-20(24)17-12-14(2)22-26-17/h3-12,18H,1-2H3,(H,21,23). The summed E-state index contributed by atoms with van der Waals surface area (Å²) >= 11 is 0. The summed E-state index contributed by atoms with van der Waals surface area (Å²) in [5, 5.41) is 6.43. The van der Waals surface area contributed by atoms with Gasteiger partial charge in [-0.3, -0.25) is 4.79 Å². The third-order valence-corrected chi connectivity index (χ3v) is 3.71. The lowest BCUT2D eigenvalue weighted by Crippen LogP contribution is -2.25. The molecular formula is C20H18N2O4. The number of hydrogen-bond donors (Lipinski definition) is 1. The number of aromatic nitrogens is 1. The molecule has 0 fully saturated rings. The number of rotatable bonds is 5. The van der Waals surface area contributed by atoms with Crippen molar-refractivity contribution in [1.82, 2.24) is 5.16 Å². The van der Waals surface area contributed by atoms with E-state index in [1.807, 2.05) is 25.1 Å². The topological polar surface area (TPSA) is 81.4 Å². The molecule has 0 spiro atoms. The van der Waals surface area contributed by atoms with Gasteiger partial charge < -0.3 is 14.6 Å². The summed E-state index contributed by atoms with van der Waals surface area (Å²) in [6.07, 6.45) is -1.12. The summed E-state index contributed by atoms with van der Waals surface area (Å²) < 4.78 is 10.3. The summed E-state index contributed by atoms with van der Waals surface area (Å²) in [6, 6.07) is 17.6. The number of carbonyl (C=O) groups is 2. The number of anilines is 1. The van der Waals surface area contributed by atoms with Crippen LogP contribution in [0.15, 0.2) is 65.2 Å². The third kappa shape index (κ3) is 4.16. The van der Waals surface area contributed by atoms with E-state index in [-0.39, 0.29) is 5.76 Å². The quantitative estimate of drug-likeness (QED) is 0.707. The number of hydrogen-bond acceptors (Lipinski definition) is 5. The molecule has 0 saturated heterocycles. The van der Waals surface area contributed by atoms with E-state index < -0.39 is 18.0 Å². The molecule has 1 heterocycles. The van der Waals surface area contributed by atoms with Crippen LogP contribution in [-0.2, 0) is 9.53 Å². The minimum absolute atomic E-state index is 0.0495. The molecule has 6 nitrogen and oxygen atoms in total. The van der Waals surface area contributed by atoms with Gasteiger partial charge in [-0.05, 0) is 26.0 Å². The van der Waals surface area contributed by atoms with Crippen LogP contribution in [0.3, 0.4) is 0 Å². The maximum Gasteiger partial charge on any atom is 0.378 e. The molecule has 0 saturated carbocycles. The molecule has 1 N–H and O–H groups in total. The molecule has 3 aromatic rings. The zero-order valence-electron chi connectivity index (χ0n) is 14.4. The number of esters is 1. The number of nitrogens with zero attached hydrogens (tertiary/aromatic N) is 1. The molecule has 0 bridgehead atoms. The van der Waals surface area contributed by atoms with Crippen molar-refractivity contribution in [3.05, 3.63) is 83.2 Å². The van der Waals surface area contributed by atoms with Crippen LogP contribution in [0.2, 0.25) is 0 Å². The SMILES string of the molecule is Cc1ccc(NC(=O)C(OC(=O)c2cc(C)no2)c2ccccc2)cc1. The number of carbonyl (C=O) groups excluding carboxylic acids is 2. The predicted octanol–water partition coefficient (Wildman–Crippen LogP) is 3.83. The number of ether oxygens (including phenoxy) is 1. The highest BCUT2D eigenvalue weighted by atomic mass is 16.6. The van der Waals surface area contributed by atoms with E-state index in [0.717, 1.165) is 5.56 Å². The van der Waals surface area contributed by atoms with Gasteiger partial charge >= 0.3 is 5.97 Å². The minimum atomic E-state index is -1.12. The Labute approximate surface area is 150 Å². The van der Waals surface area contributed by atoms with Crippen molar-refractivity contribution in [2.45, 2.75) is 20.0 Å². The lowest BCUT2D eigenvalue weighted by molar-refractivity contribution is -0.125. The second-order valence-electron chi connectivity index (χ2n) is 5.88. The Morgan fingerprint density at radius 1 is 1.04 bits per heavy atom. The van der Waals surface area contributed by atoms with Gasteiger partial charge in [0.2, 0.25) is 11.9 Å². The second-order valence-corrected chi connectivity index (χ2v) is 5.88. The fourth-order valence-corrected chi connectivity index (χ4v) is 2.37. The molecule has 0 radical (unpaired) electrons. The lowest BCUT2D eigenvalue weighted by atomic mass is 10.1. The van der Waals surface area contributed by atoms with Crippen molar-refractivity contribution in [2.24, 2.45) is 0 Å². The van der Waals surface area contributed by atoms with Crippen LogP contribution < -0.4 is 5.32 Å². The fourth-order valence-electron chi connectivity index (χ4n) is 2.37. The molecule has 1 unspecified atom stereocenters. The lowest BCUT2D eigenvalue weighted by Gasteiger charge is -2.17. The molecule has 0 aliphatic carbocycles. The van der Waals surface area contributed by atoms with Gasteiger partial charge in [-0.25, -0.2) is 4.79 Å². The van der Waals surface area contributed by atoms with Crippen LogP contribution in [0.25, 0.3) is 0 Å². The van der Waals surface area contributed by atoms with Crippen LogP contribution in [0.5, 0.6) is 0 Å². The van der Waals surface area contributed by atoms with Crippen LogP contribution in [0.1, 0.15) is 33.5 Å². The Hall–Kier alpha value is -3.41. The van der Waals surface area contributed by atoms with Crippen LogP contribution in [0.4, 0.5) is 5.69 Å². The largest absolute Gasteiger partial charge is 0.441 e. The molecule has 0 aliphatic rings. The summed E-state index contributed by atoms with van der Waals surface area (Å²) in [5.41, 5.74) is 2.81. The van der Waals surface area contributed by atoms with Gasteiger partial charge in [0.1, 0.15) is 0 Å². The van der Waals surface area contributed by atoms with Crippen molar-refractivity contribution in [1.29, 1.82) is 0 Å². The Morgan fingerprint density at radius 3 is 2.35 bits per heavy atom. The van der Waals surface area contributed by atoms with Crippen molar-refractivity contribution >= 4 is 17.6 Å². The van der Waals surface area contributed by atoms with Gasteiger partial charge in [0.05, 0.1) is 5.69 Å². The van der Waals surface area contributed by atoms with Gasteiger partial charge in [-0.2, -0.15) is 0 Å². The zero-order chi connectivity index (χ0) is 18.5. The molecule has 1 atom stereocenters. The van der Waals surface area contributed by atoms with E-state index in [1.165, 1.54) is 6.07 Å². The first-order chi connectivity index (χ1) is 12.5. The van der Waals surface area contributed by atoms with E-state index in [9.17, 15) is 9.59 Å². The van der Waals surface area contributed by atoms with Crippen molar-refractivity contribution < 1.29 is 18.8 Å². The summed E-state index contributed by atoms with van der Waals surface area (Å²) in [6.45, 7) is 3.65. The summed E-state index contributed by atoms with van der Waals surface area (Å²) in [5.74, 6) is -1.25. The van der Waals surface area contributed by atoms with E-state index >= 15 is 0 Å². The maximum absolute atomic E-state index is 12.7. The normalized spacial score (nSPS) is 11.6. The summed E-state index contributed by atoms with van der Waals surface area (Å²) in [7, 11) is 0. The molecule has 0 aliphatic heterocycles. The molecule has 3 rings (SSSR count). The Kier molecular flexibility index (Phi) is 5.12. The number of benzene rings is 2. The van der Waals surface area contributed by atoms with E-state index in [2.05, 4.69) is 10.5 Å². The number of aryl methyl sites for hydroxylation is 2. The molecule has 6 heteroatoms. The first-order valence-corrected chi connectivity index (χ1v) is 8.10. The van der Waals surface area contributed by atoms with Crippen LogP contribution >= 0.6 is 0 Å². The molecule has 132 valence electrons. The monoisotopic (exact) mass is 350 g/mol. The average molecular weight is 350 g/mol. The van der Waals surface area contributed by atoms with Crippen molar-refractivity contribution in [3.63, 3.8) is 0 Å². The molecule has 2 aromatic carbocycles. The Morgan fingerprint density at radius 2 is 1.73 bits per heavy atom. The first kappa shape index (κ1) is 17.4. The van der Waals surface area contributed by atoms with Gasteiger partial charge in [0.25, 0.3) is 5.91 Å². The number of nitrogens with one attached hydrogen (secondary N) is 1. The molecule has 1 aromatic heterocycles.